The van der Waals surface area contributed by atoms with Crippen molar-refractivity contribution >= 4 is 5.97 Å². The van der Waals surface area contributed by atoms with Gasteiger partial charge in [-0.2, -0.15) is 0 Å². The van der Waals surface area contributed by atoms with E-state index in [0.29, 0.717) is 18.4 Å². The average molecular weight is 208 g/mol. The lowest BCUT2D eigenvalue weighted by Gasteiger charge is -2.23. The molecule has 4 heteroatoms. The number of phenols is 2. The summed E-state index contributed by atoms with van der Waals surface area (Å²) in [5.74, 6) is -0.316. The summed E-state index contributed by atoms with van der Waals surface area (Å²) in [6, 6.07) is 4.24. The summed E-state index contributed by atoms with van der Waals surface area (Å²) in [6.45, 7) is 1.77. The highest BCUT2D eigenvalue weighted by molar-refractivity contribution is 5.72. The van der Waals surface area contributed by atoms with Gasteiger partial charge >= 0.3 is 5.97 Å². The summed E-state index contributed by atoms with van der Waals surface area (Å²) < 4.78 is 5.18. The highest BCUT2D eigenvalue weighted by Crippen LogP contribution is 2.38. The van der Waals surface area contributed by atoms with Gasteiger partial charge in [-0.3, -0.25) is 4.79 Å². The Labute approximate surface area is 87.1 Å². The van der Waals surface area contributed by atoms with Gasteiger partial charge < -0.3 is 14.9 Å². The fourth-order valence-corrected chi connectivity index (χ4v) is 1.80. The maximum Gasteiger partial charge on any atom is 0.306 e. The number of hydrogen-bond donors (Lipinski definition) is 2. The van der Waals surface area contributed by atoms with Crippen LogP contribution in [0.15, 0.2) is 18.2 Å². The summed E-state index contributed by atoms with van der Waals surface area (Å²) in [4.78, 5) is 11.1. The Hall–Kier alpha value is -1.71. The molecule has 1 atom stereocenters. The lowest BCUT2D eigenvalue weighted by atomic mass is 9.92. The number of carbonyl (C=O) groups is 1. The number of carbonyl (C=O) groups excluding carboxylic acids is 1. The zero-order valence-corrected chi connectivity index (χ0v) is 8.36. The normalized spacial score (nSPS) is 25.3. The molecular formula is C11H12O4. The number of rotatable bonds is 1. The van der Waals surface area contributed by atoms with Gasteiger partial charge in [0.15, 0.2) is 0 Å². The Morgan fingerprint density at radius 3 is 2.33 bits per heavy atom. The fraction of sp³-hybridized carbons (Fsp3) is 0.364. The molecule has 15 heavy (non-hydrogen) atoms. The zero-order chi connectivity index (χ0) is 11.1. The van der Waals surface area contributed by atoms with Gasteiger partial charge in [-0.15, -0.1) is 0 Å². The fourth-order valence-electron chi connectivity index (χ4n) is 1.80. The van der Waals surface area contributed by atoms with Gasteiger partial charge in [-0.1, -0.05) is 0 Å². The number of ether oxygens (including phenoxy) is 1. The van der Waals surface area contributed by atoms with E-state index in [1.807, 2.05) is 0 Å². The van der Waals surface area contributed by atoms with Crippen molar-refractivity contribution in [1.82, 2.24) is 0 Å². The molecule has 1 saturated heterocycles. The summed E-state index contributed by atoms with van der Waals surface area (Å²) in [5, 5.41) is 18.7. The Bertz CT molecular complexity index is 393. The van der Waals surface area contributed by atoms with Crippen LogP contribution in [0.4, 0.5) is 0 Å². The molecule has 0 spiro atoms. The van der Waals surface area contributed by atoms with Crippen LogP contribution in [0.2, 0.25) is 0 Å². The van der Waals surface area contributed by atoms with Crippen LogP contribution in [0.1, 0.15) is 25.3 Å². The SMILES string of the molecule is CC1(c2cc(O)cc(O)c2)CCC(=O)O1. The largest absolute Gasteiger partial charge is 0.508 e. The first-order valence-electron chi connectivity index (χ1n) is 4.75. The molecule has 1 aromatic rings. The number of hydrogen-bond acceptors (Lipinski definition) is 4. The maximum atomic E-state index is 11.1. The second-order valence-electron chi connectivity index (χ2n) is 3.94. The molecule has 0 radical (unpaired) electrons. The van der Waals surface area contributed by atoms with Gasteiger partial charge in [-0.25, -0.2) is 0 Å². The summed E-state index contributed by atoms with van der Waals surface area (Å²) in [6.07, 6.45) is 0.932. The second-order valence-corrected chi connectivity index (χ2v) is 3.94. The Balaban J connectivity index is 2.40. The third-order valence-electron chi connectivity index (χ3n) is 2.66. The van der Waals surface area contributed by atoms with Gasteiger partial charge in [0.25, 0.3) is 0 Å². The van der Waals surface area contributed by atoms with Crippen molar-refractivity contribution in [1.29, 1.82) is 0 Å². The van der Waals surface area contributed by atoms with Crippen LogP contribution in [0.3, 0.4) is 0 Å². The molecule has 80 valence electrons. The van der Waals surface area contributed by atoms with E-state index >= 15 is 0 Å². The number of cyclic esters (lactones) is 1. The molecular weight excluding hydrogens is 196 g/mol. The van der Waals surface area contributed by atoms with Crippen LogP contribution in [0.25, 0.3) is 0 Å². The Kier molecular flexibility index (Phi) is 2.07. The third-order valence-corrected chi connectivity index (χ3v) is 2.66. The monoisotopic (exact) mass is 208 g/mol. The van der Waals surface area contributed by atoms with Crippen LogP contribution in [-0.2, 0) is 15.1 Å². The van der Waals surface area contributed by atoms with E-state index in [9.17, 15) is 15.0 Å². The van der Waals surface area contributed by atoms with E-state index in [-0.39, 0.29) is 17.5 Å². The smallest absolute Gasteiger partial charge is 0.306 e. The van der Waals surface area contributed by atoms with Crippen LogP contribution < -0.4 is 0 Å². The van der Waals surface area contributed by atoms with Crippen molar-refractivity contribution in [2.24, 2.45) is 0 Å². The lowest BCUT2D eigenvalue weighted by molar-refractivity contribution is -0.147. The van der Waals surface area contributed by atoms with Crippen molar-refractivity contribution in [2.45, 2.75) is 25.4 Å². The van der Waals surface area contributed by atoms with E-state index in [2.05, 4.69) is 0 Å². The molecule has 2 N–H and O–H groups in total. The quantitative estimate of drug-likeness (QED) is 0.688. The van der Waals surface area contributed by atoms with Gasteiger partial charge in [-0.05, 0) is 19.1 Å². The number of esters is 1. The van der Waals surface area contributed by atoms with Crippen molar-refractivity contribution < 1.29 is 19.7 Å². The van der Waals surface area contributed by atoms with Crippen molar-refractivity contribution in [3.63, 3.8) is 0 Å². The van der Waals surface area contributed by atoms with Gasteiger partial charge in [0.2, 0.25) is 0 Å². The van der Waals surface area contributed by atoms with Crippen LogP contribution >= 0.6 is 0 Å². The predicted octanol–water partition coefficient (Wildman–Crippen LogP) is 1.65. The first-order chi connectivity index (χ1) is 6.99. The zero-order valence-electron chi connectivity index (χ0n) is 8.36. The van der Waals surface area contributed by atoms with Crippen LogP contribution in [-0.4, -0.2) is 16.2 Å². The molecule has 1 aliphatic rings. The average Bonchev–Trinajstić information content (AvgIpc) is 2.46. The van der Waals surface area contributed by atoms with E-state index in [0.717, 1.165) is 0 Å². The molecule has 0 bridgehead atoms. The van der Waals surface area contributed by atoms with E-state index in [1.165, 1.54) is 18.2 Å². The van der Waals surface area contributed by atoms with Crippen LogP contribution in [0.5, 0.6) is 11.5 Å². The van der Waals surface area contributed by atoms with Crippen molar-refractivity contribution in [3.8, 4) is 11.5 Å². The standard InChI is InChI=1S/C11H12O4/c1-11(3-2-10(14)15-11)7-4-8(12)6-9(13)5-7/h4-6,12-13H,2-3H2,1H3. The third kappa shape index (κ3) is 1.75. The molecule has 0 amide bonds. The summed E-state index contributed by atoms with van der Waals surface area (Å²) in [7, 11) is 0. The maximum absolute atomic E-state index is 11.1. The summed E-state index contributed by atoms with van der Waals surface area (Å²) in [5.41, 5.74) is -0.112. The molecule has 4 nitrogen and oxygen atoms in total. The molecule has 2 rings (SSSR count). The number of benzene rings is 1. The van der Waals surface area contributed by atoms with Crippen molar-refractivity contribution in [2.75, 3.05) is 0 Å². The first-order valence-corrected chi connectivity index (χ1v) is 4.75. The number of phenolic OH excluding ortho intramolecular Hbond substituents is 2. The highest BCUT2D eigenvalue weighted by atomic mass is 16.6. The van der Waals surface area contributed by atoms with E-state index in [4.69, 9.17) is 4.74 Å². The molecule has 1 unspecified atom stereocenters. The first kappa shape index (κ1) is 9.83. The Morgan fingerprint density at radius 1 is 1.27 bits per heavy atom. The highest BCUT2D eigenvalue weighted by Gasteiger charge is 2.37. The topological polar surface area (TPSA) is 66.8 Å². The molecule has 1 aliphatic heterocycles. The van der Waals surface area contributed by atoms with Gasteiger partial charge in [0.05, 0.1) is 0 Å². The predicted molar refractivity (Wildman–Crippen MR) is 52.4 cm³/mol. The molecule has 1 aromatic carbocycles. The molecule has 0 aliphatic carbocycles. The minimum absolute atomic E-state index is 0.0332. The van der Waals surface area contributed by atoms with Crippen molar-refractivity contribution in [3.05, 3.63) is 23.8 Å². The molecule has 1 heterocycles. The van der Waals surface area contributed by atoms with E-state index in [1.54, 1.807) is 6.92 Å². The Morgan fingerprint density at radius 2 is 1.87 bits per heavy atom. The number of aromatic hydroxyl groups is 2. The molecule has 0 saturated carbocycles. The van der Waals surface area contributed by atoms with Gasteiger partial charge in [0.1, 0.15) is 17.1 Å². The minimum atomic E-state index is -0.729. The minimum Gasteiger partial charge on any atom is -0.508 e. The molecule has 1 fully saturated rings. The van der Waals surface area contributed by atoms with Crippen LogP contribution in [0, 0.1) is 0 Å². The molecule has 0 aromatic heterocycles. The van der Waals surface area contributed by atoms with E-state index < -0.39 is 5.60 Å². The summed E-state index contributed by atoms with van der Waals surface area (Å²) >= 11 is 0. The second kappa shape index (κ2) is 3.15. The van der Waals surface area contributed by atoms with Gasteiger partial charge in [0, 0.05) is 24.5 Å². The lowest BCUT2D eigenvalue weighted by Crippen LogP contribution is -2.20.